The van der Waals surface area contributed by atoms with Gasteiger partial charge >= 0.3 is 5.91 Å². The van der Waals surface area contributed by atoms with E-state index < -0.39 is 5.79 Å². The van der Waals surface area contributed by atoms with Crippen LogP contribution >= 0.6 is 0 Å². The van der Waals surface area contributed by atoms with Crippen LogP contribution in [0.15, 0.2) is 0 Å². The Bertz CT molecular complexity index is 282. The maximum absolute atomic E-state index is 11.4. The number of amides is 1. The molecule has 0 aliphatic carbocycles. The first-order chi connectivity index (χ1) is 7.26. The predicted molar refractivity (Wildman–Crippen MR) is 51.9 cm³/mol. The Morgan fingerprint density at radius 3 is 2.47 bits per heavy atom. The summed E-state index contributed by atoms with van der Waals surface area (Å²) in [7, 11) is 0. The van der Waals surface area contributed by atoms with Gasteiger partial charge < -0.3 is 19.2 Å². The normalized spacial score (nSPS) is 24.1. The molecule has 5 heteroatoms. The molecule has 0 aromatic heterocycles. The first-order valence-electron chi connectivity index (χ1n) is 5.15. The maximum Gasteiger partial charge on any atom is 0.302 e. The average molecular weight is 210 g/mol. The van der Waals surface area contributed by atoms with Crippen molar-refractivity contribution >= 4 is 5.91 Å². The molecule has 2 aliphatic rings. The topological polar surface area (TPSA) is 43.1 Å². The molecule has 2 saturated heterocycles. The number of rotatable bonds is 1. The van der Waals surface area contributed by atoms with Gasteiger partial charge in [0, 0.05) is 25.9 Å². The Balaban J connectivity index is 1.86. The van der Waals surface area contributed by atoms with Crippen LogP contribution in [0, 0.1) is 6.57 Å². The minimum absolute atomic E-state index is 0.0469. The van der Waals surface area contributed by atoms with Crippen molar-refractivity contribution in [2.75, 3.05) is 32.8 Å². The minimum atomic E-state index is -0.436. The fourth-order valence-electron chi connectivity index (χ4n) is 2.05. The third-order valence-corrected chi connectivity index (χ3v) is 2.91. The third-order valence-electron chi connectivity index (χ3n) is 2.91. The van der Waals surface area contributed by atoms with Gasteiger partial charge in [0.15, 0.2) is 5.79 Å². The van der Waals surface area contributed by atoms with E-state index in [4.69, 9.17) is 16.0 Å². The molecule has 82 valence electrons. The third kappa shape index (κ3) is 2.11. The highest BCUT2D eigenvalue weighted by molar-refractivity contribution is 5.79. The molecule has 15 heavy (non-hydrogen) atoms. The first-order valence-corrected chi connectivity index (χ1v) is 5.15. The molecular formula is C10H14N2O3. The van der Waals surface area contributed by atoms with E-state index in [-0.39, 0.29) is 12.5 Å². The molecule has 2 rings (SSSR count). The van der Waals surface area contributed by atoms with Crippen molar-refractivity contribution in [3.63, 3.8) is 0 Å². The summed E-state index contributed by atoms with van der Waals surface area (Å²) in [6.45, 7) is 9.16. The number of nitrogens with zero attached hydrogens (tertiary/aromatic N) is 2. The van der Waals surface area contributed by atoms with Crippen molar-refractivity contribution < 1.29 is 14.3 Å². The molecule has 0 bridgehead atoms. The van der Waals surface area contributed by atoms with Crippen LogP contribution in [-0.2, 0) is 14.3 Å². The number of hydrogen-bond donors (Lipinski definition) is 0. The smallest absolute Gasteiger partial charge is 0.302 e. The van der Waals surface area contributed by atoms with Gasteiger partial charge in [-0.05, 0) is 0 Å². The summed E-state index contributed by atoms with van der Waals surface area (Å²) >= 11 is 0. The van der Waals surface area contributed by atoms with Gasteiger partial charge in [0.05, 0.1) is 13.2 Å². The van der Waals surface area contributed by atoms with Crippen LogP contribution < -0.4 is 0 Å². The maximum atomic E-state index is 11.4. The number of hydrogen-bond acceptors (Lipinski definition) is 3. The van der Waals surface area contributed by atoms with Crippen molar-refractivity contribution in [1.29, 1.82) is 0 Å². The number of carbonyl (C=O) groups is 1. The minimum Gasteiger partial charge on any atom is -0.347 e. The molecule has 2 heterocycles. The summed E-state index contributed by atoms with van der Waals surface area (Å²) in [5, 5.41) is 0. The van der Waals surface area contributed by atoms with Gasteiger partial charge in [-0.3, -0.25) is 4.79 Å². The highest BCUT2D eigenvalue weighted by Gasteiger charge is 2.40. The summed E-state index contributed by atoms with van der Waals surface area (Å²) in [5.74, 6) is -0.521. The highest BCUT2D eigenvalue weighted by Crippen LogP contribution is 2.31. The fraction of sp³-hybridized carbons (Fsp3) is 0.800. The molecule has 0 aromatic carbocycles. The van der Waals surface area contributed by atoms with Gasteiger partial charge in [-0.2, -0.15) is 0 Å². The Morgan fingerprint density at radius 2 is 1.93 bits per heavy atom. The first kappa shape index (κ1) is 10.4. The van der Waals surface area contributed by atoms with Gasteiger partial charge in [-0.1, -0.05) is 0 Å². The molecule has 0 saturated carbocycles. The molecule has 2 fully saturated rings. The molecule has 1 spiro atoms. The Labute approximate surface area is 88.8 Å². The average Bonchev–Trinajstić information content (AvgIpc) is 2.68. The fourth-order valence-corrected chi connectivity index (χ4v) is 2.05. The molecule has 1 amide bonds. The molecule has 0 atom stereocenters. The SMILES string of the molecule is [C-]#[N+]CC(=O)N1CCC2(CC1)OCCO2. The van der Waals surface area contributed by atoms with E-state index in [1.165, 1.54) is 0 Å². The molecule has 0 radical (unpaired) electrons. The number of ether oxygens (including phenoxy) is 2. The van der Waals surface area contributed by atoms with E-state index in [0.29, 0.717) is 26.3 Å². The zero-order valence-electron chi connectivity index (χ0n) is 8.57. The van der Waals surface area contributed by atoms with Gasteiger partial charge in [-0.25, -0.2) is 6.57 Å². The number of piperidine rings is 1. The predicted octanol–water partition coefficient (Wildman–Crippen LogP) is 0.271. The van der Waals surface area contributed by atoms with E-state index >= 15 is 0 Å². The quantitative estimate of drug-likeness (QED) is 0.583. The zero-order valence-corrected chi connectivity index (χ0v) is 8.57. The molecule has 0 unspecified atom stereocenters. The highest BCUT2D eigenvalue weighted by atomic mass is 16.7. The van der Waals surface area contributed by atoms with Gasteiger partial charge in [0.25, 0.3) is 6.54 Å². The van der Waals surface area contributed by atoms with Crippen molar-refractivity contribution in [3.05, 3.63) is 11.4 Å². The zero-order chi connectivity index (χ0) is 10.7. The molecular weight excluding hydrogens is 196 g/mol. The second kappa shape index (κ2) is 4.17. The molecule has 0 aromatic rings. The summed E-state index contributed by atoms with van der Waals surface area (Å²) in [6.07, 6.45) is 1.44. The summed E-state index contributed by atoms with van der Waals surface area (Å²) in [4.78, 5) is 16.2. The van der Waals surface area contributed by atoms with Crippen LogP contribution in [0.1, 0.15) is 12.8 Å². The monoisotopic (exact) mass is 210 g/mol. The molecule has 0 N–H and O–H groups in total. The van der Waals surface area contributed by atoms with Crippen molar-refractivity contribution in [2.45, 2.75) is 18.6 Å². The summed E-state index contributed by atoms with van der Waals surface area (Å²) in [5.41, 5.74) is 0. The second-order valence-corrected chi connectivity index (χ2v) is 3.80. The van der Waals surface area contributed by atoms with Crippen LogP contribution in [0.5, 0.6) is 0 Å². The van der Waals surface area contributed by atoms with Crippen LogP contribution in [0.25, 0.3) is 4.85 Å². The van der Waals surface area contributed by atoms with Gasteiger partial charge in [0.2, 0.25) is 0 Å². The van der Waals surface area contributed by atoms with Gasteiger partial charge in [-0.15, -0.1) is 0 Å². The van der Waals surface area contributed by atoms with Crippen molar-refractivity contribution in [2.24, 2.45) is 0 Å². The molecule has 5 nitrogen and oxygen atoms in total. The van der Waals surface area contributed by atoms with Crippen LogP contribution in [0.2, 0.25) is 0 Å². The van der Waals surface area contributed by atoms with Gasteiger partial charge in [0.1, 0.15) is 0 Å². The van der Waals surface area contributed by atoms with E-state index in [1.54, 1.807) is 4.90 Å². The molecule has 2 aliphatic heterocycles. The van der Waals surface area contributed by atoms with E-state index in [1.807, 2.05) is 0 Å². The number of likely N-dealkylation sites (tertiary alicyclic amines) is 1. The Hall–Kier alpha value is -1.12. The lowest BCUT2D eigenvalue weighted by atomic mass is 10.0. The summed E-state index contributed by atoms with van der Waals surface area (Å²) in [6, 6.07) is 0. The van der Waals surface area contributed by atoms with Crippen molar-refractivity contribution in [1.82, 2.24) is 4.90 Å². The van der Waals surface area contributed by atoms with E-state index in [2.05, 4.69) is 4.85 Å². The summed E-state index contributed by atoms with van der Waals surface area (Å²) < 4.78 is 11.1. The van der Waals surface area contributed by atoms with E-state index in [0.717, 1.165) is 12.8 Å². The van der Waals surface area contributed by atoms with Crippen LogP contribution in [0.3, 0.4) is 0 Å². The van der Waals surface area contributed by atoms with E-state index in [9.17, 15) is 4.79 Å². The lowest BCUT2D eigenvalue weighted by molar-refractivity contribution is -0.187. The Kier molecular flexibility index (Phi) is 2.89. The van der Waals surface area contributed by atoms with Crippen LogP contribution in [-0.4, -0.2) is 49.4 Å². The van der Waals surface area contributed by atoms with Crippen molar-refractivity contribution in [3.8, 4) is 0 Å². The number of carbonyl (C=O) groups excluding carboxylic acids is 1. The standard InChI is InChI=1S/C10H14N2O3/c1-11-8-9(13)12-4-2-10(3-5-12)14-6-7-15-10/h2-8H2. The van der Waals surface area contributed by atoms with Crippen LogP contribution in [0.4, 0.5) is 0 Å². The largest absolute Gasteiger partial charge is 0.347 e. The lowest BCUT2D eigenvalue weighted by Crippen LogP contribution is -2.47. The lowest BCUT2D eigenvalue weighted by Gasteiger charge is -2.36. The Morgan fingerprint density at radius 1 is 1.33 bits per heavy atom. The second-order valence-electron chi connectivity index (χ2n) is 3.80.